The molecule has 0 aliphatic heterocycles. The van der Waals surface area contributed by atoms with Gasteiger partial charge in [0.25, 0.3) is 11.4 Å². The van der Waals surface area contributed by atoms with Gasteiger partial charge in [-0.3, -0.25) is 14.8 Å². The Balaban J connectivity index is 1.76. The summed E-state index contributed by atoms with van der Waals surface area (Å²) in [4.78, 5) is 24.7. The van der Waals surface area contributed by atoms with Crippen LogP contribution in [0.2, 0.25) is 0 Å². The van der Waals surface area contributed by atoms with E-state index in [1.54, 1.807) is 0 Å². The Kier molecular flexibility index (Phi) is 4.11. The van der Waals surface area contributed by atoms with Crippen LogP contribution in [0.15, 0.2) is 44.6 Å². The molecule has 0 radical (unpaired) electrons. The fourth-order valence-corrected chi connectivity index (χ4v) is 2.03. The van der Waals surface area contributed by atoms with E-state index < -0.39 is 5.56 Å². The monoisotopic (exact) mass is 329 g/mol. The van der Waals surface area contributed by atoms with Gasteiger partial charge >= 0.3 is 0 Å². The van der Waals surface area contributed by atoms with Gasteiger partial charge < -0.3 is 14.6 Å². The maximum Gasteiger partial charge on any atom is 0.264 e. The third-order valence-corrected chi connectivity index (χ3v) is 3.10. The fraction of sp³-hybridized carbons (Fsp3) is 0.0714. The van der Waals surface area contributed by atoms with Gasteiger partial charge in [-0.15, -0.1) is 0 Å². The van der Waals surface area contributed by atoms with E-state index in [0.29, 0.717) is 11.7 Å². The molecular formula is C14H11N5O3S. The topological polar surface area (TPSA) is 120 Å². The van der Waals surface area contributed by atoms with Gasteiger partial charge in [-0.1, -0.05) is 23.4 Å². The average Bonchev–Trinajstić information content (AvgIpc) is 2.99. The molecule has 23 heavy (non-hydrogen) atoms. The lowest BCUT2D eigenvalue weighted by Crippen LogP contribution is -2.13. The number of hydrogen-bond donors (Lipinski definition) is 3. The fourth-order valence-electron chi connectivity index (χ4n) is 1.84. The van der Waals surface area contributed by atoms with Crippen molar-refractivity contribution >= 4 is 18.4 Å². The normalized spacial score (nSPS) is 11.1. The van der Waals surface area contributed by atoms with Crippen molar-refractivity contribution in [2.24, 2.45) is 4.99 Å². The first-order valence-corrected chi connectivity index (χ1v) is 6.97. The molecule has 0 fully saturated rings. The zero-order valence-corrected chi connectivity index (χ0v) is 12.5. The van der Waals surface area contributed by atoms with E-state index in [9.17, 15) is 9.90 Å². The Morgan fingerprint density at radius 3 is 2.83 bits per heavy atom. The first-order valence-electron chi connectivity index (χ1n) is 6.57. The summed E-state index contributed by atoms with van der Waals surface area (Å²) in [7, 11) is 0. The number of hydrogen-bond acceptors (Lipinski definition) is 7. The highest BCUT2D eigenvalue weighted by Crippen LogP contribution is 2.16. The number of nitrogens with zero attached hydrogens (tertiary/aromatic N) is 3. The molecule has 3 rings (SSSR count). The number of aliphatic imine (C=N–C) groups is 1. The Morgan fingerprint density at radius 1 is 1.30 bits per heavy atom. The molecule has 116 valence electrons. The number of rotatable bonds is 4. The van der Waals surface area contributed by atoms with Crippen molar-refractivity contribution in [1.29, 1.82) is 0 Å². The summed E-state index contributed by atoms with van der Waals surface area (Å²) in [5.41, 5.74) is 0.249. The van der Waals surface area contributed by atoms with Gasteiger partial charge in [0.05, 0.1) is 0 Å². The van der Waals surface area contributed by atoms with Crippen LogP contribution in [0.25, 0.3) is 11.5 Å². The SMILES string of the molecule is O=c1[nH]c(=S)[nH]c(O)c1C=NCc1noc(-c2ccccc2)n1. The lowest BCUT2D eigenvalue weighted by atomic mass is 10.2. The molecule has 0 bridgehead atoms. The van der Waals surface area contributed by atoms with E-state index in [2.05, 4.69) is 25.1 Å². The molecule has 0 saturated carbocycles. The second-order valence-electron chi connectivity index (χ2n) is 4.52. The van der Waals surface area contributed by atoms with Crippen molar-refractivity contribution in [2.75, 3.05) is 0 Å². The van der Waals surface area contributed by atoms with Crippen LogP contribution in [-0.4, -0.2) is 31.4 Å². The highest BCUT2D eigenvalue weighted by Gasteiger charge is 2.08. The van der Waals surface area contributed by atoms with Crippen molar-refractivity contribution in [1.82, 2.24) is 20.1 Å². The molecule has 2 heterocycles. The number of nitrogens with one attached hydrogen (secondary N) is 2. The molecule has 1 aromatic carbocycles. The van der Waals surface area contributed by atoms with E-state index >= 15 is 0 Å². The number of aromatic hydroxyl groups is 1. The molecule has 8 nitrogen and oxygen atoms in total. The van der Waals surface area contributed by atoms with Gasteiger partial charge in [-0.05, 0) is 24.4 Å². The molecule has 0 aliphatic carbocycles. The number of aromatic amines is 2. The van der Waals surface area contributed by atoms with Gasteiger partial charge in [0.2, 0.25) is 5.88 Å². The van der Waals surface area contributed by atoms with Crippen LogP contribution < -0.4 is 5.56 Å². The minimum Gasteiger partial charge on any atom is -0.494 e. The van der Waals surface area contributed by atoms with E-state index in [-0.39, 0.29) is 22.8 Å². The van der Waals surface area contributed by atoms with Crippen LogP contribution in [0.5, 0.6) is 5.88 Å². The zero-order chi connectivity index (χ0) is 16.2. The third kappa shape index (κ3) is 3.40. The maximum atomic E-state index is 11.6. The quantitative estimate of drug-likeness (QED) is 0.496. The zero-order valence-electron chi connectivity index (χ0n) is 11.7. The molecule has 0 atom stereocenters. The molecule has 3 aromatic rings. The highest BCUT2D eigenvalue weighted by atomic mass is 32.1. The summed E-state index contributed by atoms with van der Waals surface area (Å²) in [6, 6.07) is 9.33. The van der Waals surface area contributed by atoms with Gasteiger partial charge in [-0.2, -0.15) is 4.98 Å². The maximum absolute atomic E-state index is 11.6. The van der Waals surface area contributed by atoms with E-state index in [1.165, 1.54) is 6.21 Å². The summed E-state index contributed by atoms with van der Waals surface area (Å²) in [6.45, 7) is 0.102. The average molecular weight is 329 g/mol. The van der Waals surface area contributed by atoms with E-state index in [1.807, 2.05) is 30.3 Å². The number of benzene rings is 1. The molecule has 0 aliphatic rings. The van der Waals surface area contributed by atoms with E-state index in [4.69, 9.17) is 16.7 Å². The van der Waals surface area contributed by atoms with Crippen molar-refractivity contribution < 1.29 is 9.63 Å². The number of H-pyrrole nitrogens is 2. The summed E-state index contributed by atoms with van der Waals surface area (Å²) >= 11 is 4.74. The minimum absolute atomic E-state index is 0.0228. The molecule has 0 spiro atoms. The smallest absolute Gasteiger partial charge is 0.264 e. The van der Waals surface area contributed by atoms with Gasteiger partial charge in [-0.25, -0.2) is 0 Å². The molecule has 9 heteroatoms. The van der Waals surface area contributed by atoms with Gasteiger partial charge in [0, 0.05) is 11.8 Å². The van der Waals surface area contributed by atoms with Gasteiger partial charge in [0.1, 0.15) is 12.1 Å². The predicted molar refractivity (Wildman–Crippen MR) is 84.9 cm³/mol. The van der Waals surface area contributed by atoms with Crippen LogP contribution >= 0.6 is 12.2 Å². The predicted octanol–water partition coefficient (Wildman–Crippen LogP) is 1.81. The summed E-state index contributed by atoms with van der Waals surface area (Å²) < 4.78 is 5.18. The Hall–Kier alpha value is -3.07. The van der Waals surface area contributed by atoms with Crippen molar-refractivity contribution in [2.45, 2.75) is 6.54 Å². The first kappa shape index (κ1) is 14.9. The van der Waals surface area contributed by atoms with Crippen LogP contribution in [0.1, 0.15) is 11.4 Å². The molecule has 0 saturated heterocycles. The second-order valence-corrected chi connectivity index (χ2v) is 4.93. The van der Waals surface area contributed by atoms with Gasteiger partial charge in [0.15, 0.2) is 10.6 Å². The molecular weight excluding hydrogens is 318 g/mol. The van der Waals surface area contributed by atoms with Crippen LogP contribution in [0.3, 0.4) is 0 Å². The molecule has 2 aromatic heterocycles. The van der Waals surface area contributed by atoms with Crippen LogP contribution in [0.4, 0.5) is 0 Å². The van der Waals surface area contributed by atoms with Crippen molar-refractivity contribution in [3.63, 3.8) is 0 Å². The summed E-state index contributed by atoms with van der Waals surface area (Å²) in [5, 5.41) is 13.4. The van der Waals surface area contributed by atoms with E-state index in [0.717, 1.165) is 5.56 Å². The number of aromatic nitrogens is 4. The highest BCUT2D eigenvalue weighted by molar-refractivity contribution is 7.71. The standard InChI is InChI=1S/C14H11N5O3S/c20-11-9(12(21)18-14(23)17-11)6-15-7-10-16-13(22-19-10)8-4-2-1-3-5-8/h1-6H,7H2,(H3,17,18,20,21,23). The Labute approximate surface area is 134 Å². The Morgan fingerprint density at radius 2 is 2.09 bits per heavy atom. The minimum atomic E-state index is -0.534. The third-order valence-electron chi connectivity index (χ3n) is 2.90. The summed E-state index contributed by atoms with van der Waals surface area (Å²) in [5.74, 6) is 0.403. The second kappa shape index (κ2) is 6.36. The lowest BCUT2D eigenvalue weighted by molar-refractivity contribution is 0.423. The lowest BCUT2D eigenvalue weighted by Gasteiger charge is -1.96. The summed E-state index contributed by atoms with van der Waals surface area (Å²) in [6.07, 6.45) is 1.22. The molecule has 0 amide bonds. The van der Waals surface area contributed by atoms with Crippen molar-refractivity contribution in [3.05, 3.63) is 56.8 Å². The first-order chi connectivity index (χ1) is 11.1. The van der Waals surface area contributed by atoms with Crippen LogP contribution in [0, 0.1) is 4.77 Å². The Bertz CT molecular complexity index is 958. The van der Waals surface area contributed by atoms with Crippen molar-refractivity contribution in [3.8, 4) is 17.3 Å². The molecule has 3 N–H and O–H groups in total. The largest absolute Gasteiger partial charge is 0.494 e. The van der Waals surface area contributed by atoms with Crippen LogP contribution in [-0.2, 0) is 6.54 Å². The molecule has 0 unspecified atom stereocenters.